The molecular weight excluding hydrogens is 224 g/mol. The number of aryl methyl sites for hydroxylation is 1. The fourth-order valence-electron chi connectivity index (χ4n) is 2.42. The summed E-state index contributed by atoms with van der Waals surface area (Å²) in [4.78, 5) is 2.37. The van der Waals surface area contributed by atoms with Gasteiger partial charge in [0.25, 0.3) is 0 Å². The van der Waals surface area contributed by atoms with Crippen molar-refractivity contribution in [3.8, 4) is 5.75 Å². The Balaban J connectivity index is 1.77. The third-order valence-corrected chi connectivity index (χ3v) is 3.83. The van der Waals surface area contributed by atoms with Crippen LogP contribution in [0.2, 0.25) is 0 Å². The van der Waals surface area contributed by atoms with E-state index in [0.717, 1.165) is 18.8 Å². The smallest absolute Gasteiger partial charge is 0.119 e. The summed E-state index contributed by atoms with van der Waals surface area (Å²) in [7, 11) is 2.17. The number of nitrogens with two attached hydrogens (primary N) is 1. The van der Waals surface area contributed by atoms with E-state index in [-0.39, 0.29) is 6.04 Å². The minimum absolute atomic E-state index is 0.153. The lowest BCUT2D eigenvalue weighted by molar-refractivity contribution is 0.166. The topological polar surface area (TPSA) is 38.5 Å². The molecule has 1 fully saturated rings. The van der Waals surface area contributed by atoms with E-state index >= 15 is 0 Å². The van der Waals surface area contributed by atoms with E-state index in [9.17, 15) is 0 Å². The van der Waals surface area contributed by atoms with Gasteiger partial charge in [0, 0.05) is 6.04 Å². The van der Waals surface area contributed by atoms with Gasteiger partial charge in [0.15, 0.2) is 0 Å². The number of likely N-dealkylation sites (tertiary alicyclic amines) is 1. The molecule has 1 aromatic rings. The van der Waals surface area contributed by atoms with E-state index in [1.807, 2.05) is 12.1 Å². The molecule has 1 aliphatic heterocycles. The van der Waals surface area contributed by atoms with Crippen molar-refractivity contribution < 1.29 is 4.74 Å². The quantitative estimate of drug-likeness (QED) is 0.886. The summed E-state index contributed by atoms with van der Waals surface area (Å²) in [6.07, 6.45) is 2.38. The molecule has 2 rings (SSSR count). The van der Waals surface area contributed by atoms with Crippen molar-refractivity contribution in [3.63, 3.8) is 0 Å². The predicted octanol–water partition coefficient (Wildman–Crippen LogP) is 2.04. The Morgan fingerprint density at radius 3 is 2.50 bits per heavy atom. The number of hydrogen-bond acceptors (Lipinski definition) is 3. The predicted molar refractivity (Wildman–Crippen MR) is 74.9 cm³/mol. The van der Waals surface area contributed by atoms with Gasteiger partial charge < -0.3 is 15.4 Å². The Morgan fingerprint density at radius 1 is 1.28 bits per heavy atom. The molecule has 0 amide bonds. The minimum atomic E-state index is 0.153. The van der Waals surface area contributed by atoms with E-state index in [2.05, 4.69) is 31.0 Å². The maximum atomic E-state index is 6.23. The second-order valence-corrected chi connectivity index (χ2v) is 5.43. The second kappa shape index (κ2) is 6.21. The van der Waals surface area contributed by atoms with Crippen molar-refractivity contribution >= 4 is 0 Å². The Kier molecular flexibility index (Phi) is 4.61. The summed E-state index contributed by atoms with van der Waals surface area (Å²) >= 11 is 0. The summed E-state index contributed by atoms with van der Waals surface area (Å²) in [6.45, 7) is 5.01. The molecule has 0 spiro atoms. The number of piperidine rings is 1. The fraction of sp³-hybridized carbons (Fsp3) is 0.600. The first-order valence-electron chi connectivity index (χ1n) is 6.79. The molecule has 0 radical (unpaired) electrons. The molecule has 0 aromatic heterocycles. The number of hydrogen-bond donors (Lipinski definition) is 1. The molecule has 0 bridgehead atoms. The first-order chi connectivity index (χ1) is 8.65. The van der Waals surface area contributed by atoms with Crippen molar-refractivity contribution in [3.05, 3.63) is 29.8 Å². The van der Waals surface area contributed by atoms with Gasteiger partial charge in [0.2, 0.25) is 0 Å². The third-order valence-electron chi connectivity index (χ3n) is 3.83. The van der Waals surface area contributed by atoms with Gasteiger partial charge in [-0.05, 0) is 58.0 Å². The van der Waals surface area contributed by atoms with Crippen molar-refractivity contribution in [2.45, 2.75) is 25.8 Å². The van der Waals surface area contributed by atoms with Crippen LogP contribution >= 0.6 is 0 Å². The monoisotopic (exact) mass is 248 g/mol. The molecule has 2 N–H and O–H groups in total. The molecule has 18 heavy (non-hydrogen) atoms. The number of benzene rings is 1. The molecule has 0 saturated carbocycles. The first-order valence-corrected chi connectivity index (χ1v) is 6.79. The van der Waals surface area contributed by atoms with Crippen LogP contribution in [0.1, 0.15) is 18.4 Å². The number of rotatable bonds is 4. The summed E-state index contributed by atoms with van der Waals surface area (Å²) in [5, 5.41) is 0. The van der Waals surface area contributed by atoms with Crippen LogP contribution < -0.4 is 10.5 Å². The summed E-state index contributed by atoms with van der Waals surface area (Å²) in [5.74, 6) is 1.52. The van der Waals surface area contributed by atoms with Gasteiger partial charge in [-0.15, -0.1) is 0 Å². The minimum Gasteiger partial charge on any atom is -0.492 e. The molecular formula is C15H24N2O. The average molecular weight is 248 g/mol. The van der Waals surface area contributed by atoms with Crippen LogP contribution in [0.25, 0.3) is 0 Å². The Labute approximate surface area is 110 Å². The van der Waals surface area contributed by atoms with Crippen LogP contribution in [0.4, 0.5) is 0 Å². The Bertz CT molecular complexity index is 355. The summed E-state index contributed by atoms with van der Waals surface area (Å²) in [6, 6.07) is 8.31. The zero-order chi connectivity index (χ0) is 13.0. The average Bonchev–Trinajstić information content (AvgIpc) is 2.38. The number of ether oxygens (including phenoxy) is 1. The zero-order valence-corrected chi connectivity index (χ0v) is 11.4. The highest BCUT2D eigenvalue weighted by Crippen LogP contribution is 2.20. The van der Waals surface area contributed by atoms with E-state index in [0.29, 0.717) is 12.5 Å². The molecule has 1 atom stereocenters. The van der Waals surface area contributed by atoms with Gasteiger partial charge in [-0.25, -0.2) is 0 Å². The lowest BCUT2D eigenvalue weighted by Crippen LogP contribution is -2.42. The van der Waals surface area contributed by atoms with Crippen LogP contribution in [0.5, 0.6) is 5.75 Å². The van der Waals surface area contributed by atoms with Gasteiger partial charge >= 0.3 is 0 Å². The highest BCUT2D eigenvalue weighted by Gasteiger charge is 2.22. The Morgan fingerprint density at radius 2 is 1.89 bits per heavy atom. The first kappa shape index (κ1) is 13.4. The maximum absolute atomic E-state index is 6.23. The molecule has 1 saturated heterocycles. The van der Waals surface area contributed by atoms with Crippen LogP contribution in [-0.4, -0.2) is 37.7 Å². The van der Waals surface area contributed by atoms with Crippen LogP contribution in [0.3, 0.4) is 0 Å². The summed E-state index contributed by atoms with van der Waals surface area (Å²) < 4.78 is 5.76. The SMILES string of the molecule is Cc1ccc(OCC(N)C2CCN(C)CC2)cc1. The lowest BCUT2D eigenvalue weighted by atomic mass is 9.90. The molecule has 1 aliphatic rings. The summed E-state index contributed by atoms with van der Waals surface area (Å²) in [5.41, 5.74) is 7.48. The molecule has 3 nitrogen and oxygen atoms in total. The molecule has 1 aromatic carbocycles. The number of nitrogens with zero attached hydrogens (tertiary/aromatic N) is 1. The van der Waals surface area contributed by atoms with Crippen LogP contribution in [-0.2, 0) is 0 Å². The van der Waals surface area contributed by atoms with Crippen LogP contribution in [0, 0.1) is 12.8 Å². The highest BCUT2D eigenvalue weighted by atomic mass is 16.5. The van der Waals surface area contributed by atoms with Gasteiger partial charge in [-0.1, -0.05) is 17.7 Å². The normalized spacial score (nSPS) is 19.7. The largest absolute Gasteiger partial charge is 0.492 e. The van der Waals surface area contributed by atoms with Crippen molar-refractivity contribution in [2.75, 3.05) is 26.7 Å². The molecule has 3 heteroatoms. The molecule has 1 heterocycles. The van der Waals surface area contributed by atoms with E-state index in [1.54, 1.807) is 0 Å². The van der Waals surface area contributed by atoms with Gasteiger partial charge in [0.1, 0.15) is 12.4 Å². The zero-order valence-electron chi connectivity index (χ0n) is 11.4. The lowest BCUT2D eigenvalue weighted by Gasteiger charge is -2.32. The second-order valence-electron chi connectivity index (χ2n) is 5.43. The highest BCUT2D eigenvalue weighted by molar-refractivity contribution is 5.26. The fourth-order valence-corrected chi connectivity index (χ4v) is 2.42. The van der Waals surface area contributed by atoms with E-state index in [1.165, 1.54) is 18.4 Å². The van der Waals surface area contributed by atoms with E-state index in [4.69, 9.17) is 10.5 Å². The standard InChI is InChI=1S/C15H24N2O/c1-12-3-5-14(6-4-12)18-11-15(16)13-7-9-17(2)10-8-13/h3-6,13,15H,7-11,16H2,1-2H3. The van der Waals surface area contributed by atoms with Gasteiger partial charge in [0.05, 0.1) is 0 Å². The maximum Gasteiger partial charge on any atom is 0.119 e. The third kappa shape index (κ3) is 3.72. The Hall–Kier alpha value is -1.06. The molecule has 0 aliphatic carbocycles. The van der Waals surface area contributed by atoms with Crippen molar-refractivity contribution in [1.82, 2.24) is 4.90 Å². The van der Waals surface area contributed by atoms with E-state index < -0.39 is 0 Å². The van der Waals surface area contributed by atoms with Crippen LogP contribution in [0.15, 0.2) is 24.3 Å². The molecule has 1 unspecified atom stereocenters. The van der Waals surface area contributed by atoms with Gasteiger partial charge in [-0.3, -0.25) is 0 Å². The molecule has 100 valence electrons. The van der Waals surface area contributed by atoms with Crippen molar-refractivity contribution in [1.29, 1.82) is 0 Å². The van der Waals surface area contributed by atoms with Crippen molar-refractivity contribution in [2.24, 2.45) is 11.7 Å². The van der Waals surface area contributed by atoms with Gasteiger partial charge in [-0.2, -0.15) is 0 Å².